The minimum atomic E-state index is 0.580. The van der Waals surface area contributed by atoms with Crippen molar-refractivity contribution in [1.82, 2.24) is 9.78 Å². The molecule has 0 saturated carbocycles. The summed E-state index contributed by atoms with van der Waals surface area (Å²) >= 11 is 8.44. The zero-order chi connectivity index (χ0) is 14.1. The third-order valence-corrected chi connectivity index (χ3v) is 5.17. The number of rotatable bonds is 3. The molecule has 20 heavy (non-hydrogen) atoms. The number of nitrogens with zero attached hydrogens (tertiary/aromatic N) is 2. The van der Waals surface area contributed by atoms with E-state index < -0.39 is 0 Å². The quantitative estimate of drug-likeness (QED) is 0.572. The molecule has 0 fully saturated rings. The van der Waals surface area contributed by atoms with Crippen molar-refractivity contribution in [3.8, 4) is 16.3 Å². The van der Waals surface area contributed by atoms with E-state index in [9.17, 15) is 4.79 Å². The van der Waals surface area contributed by atoms with Gasteiger partial charge >= 0.3 is 0 Å². The van der Waals surface area contributed by atoms with Gasteiger partial charge in [0.1, 0.15) is 5.69 Å². The minimum absolute atomic E-state index is 0.580. The number of hydrogen-bond acceptors (Lipinski definition) is 3. The van der Waals surface area contributed by atoms with Crippen LogP contribution in [-0.4, -0.2) is 16.1 Å². The molecular weight excluding hydrogens is 404 g/mol. The number of thiophene rings is 1. The summed E-state index contributed by atoms with van der Waals surface area (Å²) in [5.74, 6) is 0. The monoisotopic (exact) mass is 410 g/mol. The molecule has 3 nitrogen and oxygen atoms in total. The molecule has 3 aromatic rings. The lowest BCUT2D eigenvalue weighted by molar-refractivity contribution is 0.112. The molecule has 0 unspecified atom stereocenters. The highest BCUT2D eigenvalue weighted by molar-refractivity contribution is 9.10. The topological polar surface area (TPSA) is 34.9 Å². The molecule has 0 N–H and O–H groups in total. The highest BCUT2D eigenvalue weighted by Crippen LogP contribution is 2.34. The highest BCUT2D eigenvalue weighted by Gasteiger charge is 2.15. The fraction of sp³-hybridized carbons (Fsp3) is 0. The number of aldehydes is 1. The van der Waals surface area contributed by atoms with Gasteiger partial charge in [0.2, 0.25) is 0 Å². The lowest BCUT2D eigenvalue weighted by atomic mass is 10.2. The summed E-state index contributed by atoms with van der Waals surface area (Å²) in [6.45, 7) is 0. The van der Waals surface area contributed by atoms with Gasteiger partial charge in [0.05, 0.1) is 16.1 Å². The van der Waals surface area contributed by atoms with E-state index in [1.165, 1.54) is 0 Å². The van der Waals surface area contributed by atoms with E-state index in [4.69, 9.17) is 0 Å². The smallest absolute Gasteiger partial charge is 0.153 e. The Bertz CT molecular complexity index is 762. The molecule has 0 atom stereocenters. The van der Waals surface area contributed by atoms with Crippen molar-refractivity contribution in [2.75, 3.05) is 0 Å². The summed E-state index contributed by atoms with van der Waals surface area (Å²) in [6, 6.07) is 9.72. The molecule has 0 radical (unpaired) electrons. The lowest BCUT2D eigenvalue weighted by Gasteiger charge is -2.00. The number of aromatic nitrogens is 2. The molecule has 0 aliphatic heterocycles. The van der Waals surface area contributed by atoms with Crippen molar-refractivity contribution in [3.05, 3.63) is 56.4 Å². The van der Waals surface area contributed by atoms with E-state index in [0.29, 0.717) is 11.3 Å². The second kappa shape index (κ2) is 5.63. The lowest BCUT2D eigenvalue weighted by Crippen LogP contribution is -1.94. The van der Waals surface area contributed by atoms with Gasteiger partial charge in [0, 0.05) is 15.1 Å². The van der Waals surface area contributed by atoms with Crippen LogP contribution in [0, 0.1) is 0 Å². The predicted octanol–water partition coefficient (Wildman–Crippen LogP) is 4.94. The van der Waals surface area contributed by atoms with Crippen molar-refractivity contribution in [1.29, 1.82) is 0 Å². The van der Waals surface area contributed by atoms with Crippen molar-refractivity contribution in [3.63, 3.8) is 0 Å². The van der Waals surface area contributed by atoms with Crippen molar-refractivity contribution in [2.24, 2.45) is 0 Å². The first-order chi connectivity index (χ1) is 9.69. The van der Waals surface area contributed by atoms with Gasteiger partial charge in [0.25, 0.3) is 0 Å². The number of carbonyl (C=O) groups excluding carboxylic acids is 1. The van der Waals surface area contributed by atoms with Crippen LogP contribution in [0.15, 0.2) is 50.9 Å². The molecule has 1 aromatic carbocycles. The van der Waals surface area contributed by atoms with Crippen molar-refractivity contribution in [2.45, 2.75) is 0 Å². The molecular formula is C14H8Br2N2OS. The number of halogens is 2. The van der Waals surface area contributed by atoms with E-state index in [2.05, 4.69) is 37.0 Å². The van der Waals surface area contributed by atoms with Crippen LogP contribution in [0.5, 0.6) is 0 Å². The maximum absolute atomic E-state index is 11.3. The Morgan fingerprint density at radius 3 is 2.50 bits per heavy atom. The van der Waals surface area contributed by atoms with Gasteiger partial charge in [-0.3, -0.25) is 4.79 Å². The first kappa shape index (κ1) is 13.7. The Hall–Kier alpha value is -1.24. The SMILES string of the molecule is O=Cc1cn(-c2ccc(Br)cc2)nc1-c1sccc1Br. The average Bonchev–Trinajstić information content (AvgIpc) is 3.05. The molecule has 2 aromatic heterocycles. The fourth-order valence-electron chi connectivity index (χ4n) is 1.84. The van der Waals surface area contributed by atoms with Gasteiger partial charge in [-0.2, -0.15) is 5.10 Å². The minimum Gasteiger partial charge on any atom is -0.298 e. The van der Waals surface area contributed by atoms with Crippen LogP contribution in [0.25, 0.3) is 16.3 Å². The molecule has 0 saturated heterocycles. The number of hydrogen-bond donors (Lipinski definition) is 0. The Labute approximate surface area is 136 Å². The number of benzene rings is 1. The Balaban J connectivity index is 2.12. The Morgan fingerprint density at radius 2 is 1.90 bits per heavy atom. The summed E-state index contributed by atoms with van der Waals surface area (Å²) in [6.07, 6.45) is 2.58. The molecule has 0 aliphatic carbocycles. The van der Waals surface area contributed by atoms with E-state index in [1.807, 2.05) is 35.7 Å². The average molecular weight is 412 g/mol. The normalized spacial score (nSPS) is 10.7. The zero-order valence-corrected chi connectivity index (χ0v) is 14.1. The van der Waals surface area contributed by atoms with Crippen LogP contribution in [0.2, 0.25) is 0 Å². The summed E-state index contributed by atoms with van der Waals surface area (Å²) < 4.78 is 3.68. The van der Waals surface area contributed by atoms with Gasteiger partial charge in [-0.05, 0) is 51.6 Å². The van der Waals surface area contributed by atoms with E-state index in [-0.39, 0.29) is 0 Å². The molecule has 0 aliphatic rings. The van der Waals surface area contributed by atoms with E-state index in [1.54, 1.807) is 22.2 Å². The first-order valence-electron chi connectivity index (χ1n) is 5.73. The second-order valence-electron chi connectivity index (χ2n) is 4.07. The summed E-state index contributed by atoms with van der Waals surface area (Å²) in [7, 11) is 0. The number of carbonyl (C=O) groups is 1. The van der Waals surface area contributed by atoms with Crippen molar-refractivity contribution >= 4 is 49.5 Å². The van der Waals surface area contributed by atoms with Gasteiger partial charge in [0.15, 0.2) is 6.29 Å². The molecule has 6 heteroatoms. The zero-order valence-electron chi connectivity index (χ0n) is 10.1. The maximum Gasteiger partial charge on any atom is 0.153 e. The predicted molar refractivity (Wildman–Crippen MR) is 87.7 cm³/mol. The Kier molecular flexibility index (Phi) is 3.87. The Morgan fingerprint density at radius 1 is 1.15 bits per heavy atom. The second-order valence-corrected chi connectivity index (χ2v) is 6.76. The highest BCUT2D eigenvalue weighted by atomic mass is 79.9. The van der Waals surface area contributed by atoms with E-state index >= 15 is 0 Å². The van der Waals surface area contributed by atoms with Crippen LogP contribution in [0.1, 0.15) is 10.4 Å². The van der Waals surface area contributed by atoms with Gasteiger partial charge in [-0.15, -0.1) is 11.3 Å². The standard InChI is InChI=1S/C14H8Br2N2OS/c15-10-1-3-11(4-2-10)18-7-9(8-19)13(17-18)14-12(16)5-6-20-14/h1-8H. The molecule has 0 spiro atoms. The molecule has 0 amide bonds. The first-order valence-corrected chi connectivity index (χ1v) is 8.20. The van der Waals surface area contributed by atoms with Crippen LogP contribution in [-0.2, 0) is 0 Å². The van der Waals surface area contributed by atoms with Gasteiger partial charge in [-0.25, -0.2) is 4.68 Å². The fourth-order valence-corrected chi connectivity index (χ4v) is 3.67. The molecule has 0 bridgehead atoms. The molecule has 2 heterocycles. The summed E-state index contributed by atoms with van der Waals surface area (Å²) in [5, 5.41) is 6.50. The largest absolute Gasteiger partial charge is 0.298 e. The van der Waals surface area contributed by atoms with Gasteiger partial charge in [-0.1, -0.05) is 15.9 Å². The summed E-state index contributed by atoms with van der Waals surface area (Å²) in [4.78, 5) is 12.2. The third-order valence-electron chi connectivity index (χ3n) is 2.79. The van der Waals surface area contributed by atoms with Crippen LogP contribution in [0.4, 0.5) is 0 Å². The van der Waals surface area contributed by atoms with Crippen LogP contribution in [0.3, 0.4) is 0 Å². The van der Waals surface area contributed by atoms with Crippen molar-refractivity contribution < 1.29 is 4.79 Å². The van der Waals surface area contributed by atoms with Gasteiger partial charge < -0.3 is 0 Å². The molecule has 3 rings (SSSR count). The van der Waals surface area contributed by atoms with Crippen LogP contribution < -0.4 is 0 Å². The van der Waals surface area contributed by atoms with E-state index in [0.717, 1.165) is 25.8 Å². The third kappa shape index (κ3) is 2.51. The maximum atomic E-state index is 11.3. The molecule has 100 valence electrons. The van der Waals surface area contributed by atoms with Crippen LogP contribution >= 0.6 is 43.2 Å². The summed E-state index contributed by atoms with van der Waals surface area (Å²) in [5.41, 5.74) is 2.19.